The minimum Gasteiger partial charge on any atom is -0.381 e. The molecule has 2 fully saturated rings. The highest BCUT2D eigenvalue weighted by atomic mass is 16.5. The molecule has 0 spiro atoms. The first-order valence-electron chi connectivity index (χ1n) is 6.98. The molecule has 0 aromatic carbocycles. The summed E-state index contributed by atoms with van der Waals surface area (Å²) in [4.78, 5) is 0. The van der Waals surface area contributed by atoms with Crippen molar-refractivity contribution in [3.8, 4) is 0 Å². The highest BCUT2D eigenvalue weighted by Gasteiger charge is 2.37. The standard InChI is InChI=1S/C14H23N3O/c1-11-7-13(17(2)16-11)8-14(5-6-18-10-14)9-15-12-3-4-12/h7,12,15H,3-6,8-10H2,1-2H3. The van der Waals surface area contributed by atoms with Crippen LogP contribution >= 0.6 is 0 Å². The number of nitrogens with one attached hydrogen (secondary N) is 1. The molecule has 4 nitrogen and oxygen atoms in total. The van der Waals surface area contributed by atoms with Gasteiger partial charge in [0.05, 0.1) is 12.3 Å². The number of hydrogen-bond acceptors (Lipinski definition) is 3. The summed E-state index contributed by atoms with van der Waals surface area (Å²) < 4.78 is 7.68. The van der Waals surface area contributed by atoms with E-state index in [-0.39, 0.29) is 5.41 Å². The van der Waals surface area contributed by atoms with Crippen molar-refractivity contribution in [1.82, 2.24) is 15.1 Å². The predicted molar refractivity (Wildman–Crippen MR) is 70.5 cm³/mol. The molecular weight excluding hydrogens is 226 g/mol. The molecule has 1 aliphatic heterocycles. The molecule has 0 amide bonds. The van der Waals surface area contributed by atoms with Crippen LogP contribution in [0.1, 0.15) is 30.7 Å². The third kappa shape index (κ3) is 2.59. The van der Waals surface area contributed by atoms with E-state index in [1.165, 1.54) is 18.5 Å². The summed E-state index contributed by atoms with van der Waals surface area (Å²) in [6.07, 6.45) is 4.94. The molecule has 2 aliphatic rings. The Labute approximate surface area is 109 Å². The van der Waals surface area contributed by atoms with Crippen LogP contribution < -0.4 is 5.32 Å². The molecule has 1 saturated carbocycles. The zero-order valence-electron chi connectivity index (χ0n) is 11.4. The van der Waals surface area contributed by atoms with Gasteiger partial charge in [-0.3, -0.25) is 4.68 Å². The summed E-state index contributed by atoms with van der Waals surface area (Å²) >= 11 is 0. The molecule has 1 aromatic heterocycles. The van der Waals surface area contributed by atoms with Gasteiger partial charge in [-0.2, -0.15) is 5.10 Å². The van der Waals surface area contributed by atoms with Crippen LogP contribution in [0.3, 0.4) is 0 Å². The lowest BCUT2D eigenvalue weighted by Crippen LogP contribution is -2.38. The average molecular weight is 249 g/mol. The van der Waals surface area contributed by atoms with Crippen LogP contribution in [0.15, 0.2) is 6.07 Å². The summed E-state index contributed by atoms with van der Waals surface area (Å²) in [6, 6.07) is 2.98. The van der Waals surface area contributed by atoms with Crippen molar-refractivity contribution in [1.29, 1.82) is 0 Å². The Hall–Kier alpha value is -0.870. The Kier molecular flexibility index (Phi) is 3.16. The number of aromatic nitrogens is 2. The fourth-order valence-electron chi connectivity index (χ4n) is 2.85. The van der Waals surface area contributed by atoms with E-state index in [1.807, 2.05) is 11.7 Å². The monoisotopic (exact) mass is 249 g/mol. The third-order valence-corrected chi connectivity index (χ3v) is 4.18. The summed E-state index contributed by atoms with van der Waals surface area (Å²) in [5.41, 5.74) is 2.72. The fourth-order valence-corrected chi connectivity index (χ4v) is 2.85. The first-order valence-corrected chi connectivity index (χ1v) is 6.98. The van der Waals surface area contributed by atoms with Crippen molar-refractivity contribution in [3.05, 3.63) is 17.5 Å². The molecule has 100 valence electrons. The lowest BCUT2D eigenvalue weighted by Gasteiger charge is -2.27. The second kappa shape index (κ2) is 4.67. The quantitative estimate of drug-likeness (QED) is 0.858. The van der Waals surface area contributed by atoms with Crippen LogP contribution in [0.4, 0.5) is 0 Å². The number of ether oxygens (including phenoxy) is 1. The van der Waals surface area contributed by atoms with Gasteiger partial charge in [0.25, 0.3) is 0 Å². The van der Waals surface area contributed by atoms with Crippen molar-refractivity contribution < 1.29 is 4.74 Å². The molecule has 1 aliphatic carbocycles. The Morgan fingerprint density at radius 3 is 2.94 bits per heavy atom. The highest BCUT2D eigenvalue weighted by Crippen LogP contribution is 2.33. The smallest absolute Gasteiger partial charge is 0.0596 e. The molecule has 1 unspecified atom stereocenters. The molecule has 4 heteroatoms. The predicted octanol–water partition coefficient (Wildman–Crippen LogP) is 1.43. The van der Waals surface area contributed by atoms with Crippen LogP contribution in [-0.4, -0.2) is 35.6 Å². The largest absolute Gasteiger partial charge is 0.381 e. The average Bonchev–Trinajstić information content (AvgIpc) is 2.97. The van der Waals surface area contributed by atoms with E-state index in [1.54, 1.807) is 0 Å². The van der Waals surface area contributed by atoms with Gasteiger partial charge in [-0.05, 0) is 38.7 Å². The third-order valence-electron chi connectivity index (χ3n) is 4.18. The maximum atomic E-state index is 5.66. The van der Waals surface area contributed by atoms with Gasteiger partial charge in [-0.1, -0.05) is 0 Å². The van der Waals surface area contributed by atoms with Crippen LogP contribution in [0.5, 0.6) is 0 Å². The molecule has 0 radical (unpaired) electrons. The fraction of sp³-hybridized carbons (Fsp3) is 0.786. The number of rotatable bonds is 5. The molecule has 1 saturated heterocycles. The molecule has 1 N–H and O–H groups in total. The van der Waals surface area contributed by atoms with Gasteiger partial charge in [0, 0.05) is 37.4 Å². The highest BCUT2D eigenvalue weighted by molar-refractivity contribution is 5.12. The van der Waals surface area contributed by atoms with Gasteiger partial charge >= 0.3 is 0 Å². The molecule has 3 rings (SSSR count). The van der Waals surface area contributed by atoms with E-state index >= 15 is 0 Å². The van der Waals surface area contributed by atoms with Crippen molar-refractivity contribution in [2.75, 3.05) is 19.8 Å². The lowest BCUT2D eigenvalue weighted by atomic mass is 9.82. The van der Waals surface area contributed by atoms with Crippen LogP contribution in [-0.2, 0) is 18.2 Å². The van der Waals surface area contributed by atoms with Crippen molar-refractivity contribution in [3.63, 3.8) is 0 Å². The van der Waals surface area contributed by atoms with E-state index in [4.69, 9.17) is 4.74 Å². The van der Waals surface area contributed by atoms with Gasteiger partial charge in [0.1, 0.15) is 0 Å². The van der Waals surface area contributed by atoms with Gasteiger partial charge in [-0.15, -0.1) is 0 Å². The second-order valence-electron chi connectivity index (χ2n) is 6.04. The topological polar surface area (TPSA) is 39.1 Å². The maximum absolute atomic E-state index is 5.66. The van der Waals surface area contributed by atoms with E-state index in [2.05, 4.69) is 23.4 Å². The van der Waals surface area contributed by atoms with Gasteiger partial charge in [-0.25, -0.2) is 0 Å². The molecule has 1 aromatic rings. The molecule has 1 atom stereocenters. The molecular formula is C14H23N3O. The van der Waals surface area contributed by atoms with E-state index in [9.17, 15) is 0 Å². The lowest BCUT2D eigenvalue weighted by molar-refractivity contribution is 0.148. The number of aryl methyl sites for hydroxylation is 2. The van der Waals surface area contributed by atoms with E-state index in [0.29, 0.717) is 0 Å². The maximum Gasteiger partial charge on any atom is 0.0596 e. The van der Waals surface area contributed by atoms with Crippen LogP contribution in [0.25, 0.3) is 0 Å². The first-order chi connectivity index (χ1) is 8.67. The van der Waals surface area contributed by atoms with Crippen LogP contribution in [0.2, 0.25) is 0 Å². The number of nitrogens with zero attached hydrogens (tertiary/aromatic N) is 2. The molecule has 18 heavy (non-hydrogen) atoms. The second-order valence-corrected chi connectivity index (χ2v) is 6.04. The number of hydrogen-bond donors (Lipinski definition) is 1. The van der Waals surface area contributed by atoms with E-state index < -0.39 is 0 Å². The summed E-state index contributed by atoms with van der Waals surface area (Å²) in [5.74, 6) is 0. The summed E-state index contributed by atoms with van der Waals surface area (Å²) in [7, 11) is 2.04. The van der Waals surface area contributed by atoms with Crippen molar-refractivity contribution >= 4 is 0 Å². The minimum absolute atomic E-state index is 0.281. The van der Waals surface area contributed by atoms with Crippen molar-refractivity contribution in [2.45, 2.75) is 38.6 Å². The Morgan fingerprint density at radius 2 is 2.39 bits per heavy atom. The Morgan fingerprint density at radius 1 is 1.56 bits per heavy atom. The van der Waals surface area contributed by atoms with E-state index in [0.717, 1.165) is 44.3 Å². The normalized spacial score (nSPS) is 27.9. The first kappa shape index (κ1) is 12.2. The SMILES string of the molecule is Cc1cc(CC2(CNC3CC3)CCOC2)n(C)n1. The van der Waals surface area contributed by atoms with Crippen LogP contribution in [0, 0.1) is 12.3 Å². The van der Waals surface area contributed by atoms with Gasteiger partial charge < -0.3 is 10.1 Å². The minimum atomic E-state index is 0.281. The molecule has 0 bridgehead atoms. The Bertz CT molecular complexity index is 417. The zero-order chi connectivity index (χ0) is 12.6. The van der Waals surface area contributed by atoms with Crippen molar-refractivity contribution in [2.24, 2.45) is 12.5 Å². The van der Waals surface area contributed by atoms with Gasteiger partial charge in [0.15, 0.2) is 0 Å². The summed E-state index contributed by atoms with van der Waals surface area (Å²) in [6.45, 7) is 4.94. The summed E-state index contributed by atoms with van der Waals surface area (Å²) in [5, 5.41) is 8.12. The van der Waals surface area contributed by atoms with Gasteiger partial charge in [0.2, 0.25) is 0 Å². The Balaban J connectivity index is 1.70. The zero-order valence-corrected chi connectivity index (χ0v) is 11.4. The molecule has 2 heterocycles.